The number of esters is 1. The smallest absolute Gasteiger partial charge is 0.417 e. The van der Waals surface area contributed by atoms with E-state index in [-0.39, 0.29) is 12.8 Å². The second-order valence-corrected chi connectivity index (χ2v) is 8.99. The summed E-state index contributed by atoms with van der Waals surface area (Å²) in [5.74, 6) is -0.665. The van der Waals surface area contributed by atoms with Gasteiger partial charge in [-0.1, -0.05) is 17.7 Å². The number of carbonyl (C=O) groups excluding carboxylic acids is 2. The van der Waals surface area contributed by atoms with Gasteiger partial charge in [-0.3, -0.25) is 0 Å². The zero-order chi connectivity index (χ0) is 22.6. The highest BCUT2D eigenvalue weighted by atomic mass is 35.5. The third-order valence-corrected chi connectivity index (χ3v) is 3.76. The first-order chi connectivity index (χ1) is 13.0. The molecule has 0 aromatic heterocycles. The van der Waals surface area contributed by atoms with E-state index >= 15 is 0 Å². The Bertz CT molecular complexity index is 737. The molecule has 0 heterocycles. The van der Waals surface area contributed by atoms with Gasteiger partial charge in [-0.15, -0.1) is 0 Å². The Kier molecular flexibility index (Phi) is 7.99. The monoisotopic (exact) mass is 437 g/mol. The normalized spacial score (nSPS) is 13.6. The fourth-order valence-electron chi connectivity index (χ4n) is 2.33. The largest absolute Gasteiger partial charge is 0.458 e. The van der Waals surface area contributed by atoms with Gasteiger partial charge in [-0.05, 0) is 72.1 Å². The first-order valence-electron chi connectivity index (χ1n) is 9.06. The van der Waals surface area contributed by atoms with E-state index in [1.165, 1.54) is 12.1 Å². The maximum absolute atomic E-state index is 12.8. The Balaban J connectivity index is 2.93. The Labute approximate surface area is 173 Å². The molecule has 1 aromatic carbocycles. The molecule has 0 fully saturated rings. The Hall–Kier alpha value is -1.96. The molecular weight excluding hydrogens is 411 g/mol. The highest BCUT2D eigenvalue weighted by molar-refractivity contribution is 6.31. The van der Waals surface area contributed by atoms with E-state index in [1.54, 1.807) is 41.5 Å². The van der Waals surface area contributed by atoms with E-state index in [0.29, 0.717) is 5.56 Å². The molecule has 9 heteroatoms. The van der Waals surface area contributed by atoms with Gasteiger partial charge in [0.25, 0.3) is 0 Å². The van der Waals surface area contributed by atoms with Crippen molar-refractivity contribution in [2.75, 3.05) is 0 Å². The van der Waals surface area contributed by atoms with Gasteiger partial charge >= 0.3 is 18.2 Å². The number of rotatable bonds is 5. The Morgan fingerprint density at radius 2 is 1.59 bits per heavy atom. The second kappa shape index (κ2) is 9.24. The number of hydrogen-bond acceptors (Lipinski definition) is 4. The average molecular weight is 438 g/mol. The molecule has 1 N–H and O–H groups in total. The van der Waals surface area contributed by atoms with E-state index in [2.05, 4.69) is 5.32 Å². The first kappa shape index (κ1) is 25.1. The number of carbonyl (C=O) groups is 2. The lowest BCUT2D eigenvalue weighted by Gasteiger charge is -2.26. The number of nitrogens with one attached hydrogen (secondary N) is 1. The minimum Gasteiger partial charge on any atom is -0.458 e. The zero-order valence-corrected chi connectivity index (χ0v) is 18.1. The maximum atomic E-state index is 12.8. The van der Waals surface area contributed by atoms with E-state index in [4.69, 9.17) is 21.1 Å². The van der Waals surface area contributed by atoms with Crippen molar-refractivity contribution in [1.82, 2.24) is 5.32 Å². The van der Waals surface area contributed by atoms with Crippen molar-refractivity contribution >= 4 is 23.7 Å². The second-order valence-electron chi connectivity index (χ2n) is 8.58. The summed E-state index contributed by atoms with van der Waals surface area (Å²) >= 11 is 5.73. The number of halogens is 4. The lowest BCUT2D eigenvalue weighted by molar-refractivity contribution is -0.157. The Morgan fingerprint density at radius 3 is 2.03 bits per heavy atom. The number of hydrogen-bond donors (Lipinski definition) is 1. The third-order valence-electron chi connectivity index (χ3n) is 3.44. The van der Waals surface area contributed by atoms with Gasteiger partial charge in [-0.25, -0.2) is 9.59 Å². The van der Waals surface area contributed by atoms with Gasteiger partial charge in [0, 0.05) is 0 Å². The van der Waals surface area contributed by atoms with Crippen LogP contribution in [0.4, 0.5) is 18.0 Å². The molecule has 164 valence electrons. The van der Waals surface area contributed by atoms with Gasteiger partial charge in [0.2, 0.25) is 0 Å². The van der Waals surface area contributed by atoms with E-state index in [0.717, 1.165) is 6.07 Å². The van der Waals surface area contributed by atoms with Crippen LogP contribution in [0.5, 0.6) is 0 Å². The third kappa shape index (κ3) is 9.39. The number of benzene rings is 1. The number of alkyl halides is 3. The Morgan fingerprint density at radius 1 is 1.03 bits per heavy atom. The molecule has 0 aliphatic carbocycles. The molecule has 1 atom stereocenters. The predicted molar refractivity (Wildman–Crippen MR) is 104 cm³/mol. The molecule has 0 aliphatic heterocycles. The number of aryl methyl sites for hydroxylation is 1. The van der Waals surface area contributed by atoms with Crippen LogP contribution < -0.4 is 5.32 Å². The summed E-state index contributed by atoms with van der Waals surface area (Å²) in [5, 5.41) is 2.04. The zero-order valence-electron chi connectivity index (χ0n) is 17.4. The molecule has 1 aromatic rings. The summed E-state index contributed by atoms with van der Waals surface area (Å²) < 4.78 is 49.0. The number of alkyl carbamates (subject to hydrolysis) is 1. The minimum atomic E-state index is -4.55. The highest BCUT2D eigenvalue weighted by Crippen LogP contribution is 2.35. The van der Waals surface area contributed by atoms with Crippen LogP contribution in [0.1, 0.15) is 59.1 Å². The lowest BCUT2D eigenvalue weighted by Crippen LogP contribution is -2.46. The van der Waals surface area contributed by atoms with Crippen molar-refractivity contribution in [2.45, 2.75) is 77.8 Å². The summed E-state index contributed by atoms with van der Waals surface area (Å²) in [4.78, 5) is 24.5. The van der Waals surface area contributed by atoms with Crippen molar-refractivity contribution in [2.24, 2.45) is 0 Å². The van der Waals surface area contributed by atoms with Crippen LogP contribution in [0, 0.1) is 0 Å². The van der Waals surface area contributed by atoms with E-state index < -0.39 is 46.1 Å². The quantitative estimate of drug-likeness (QED) is 0.615. The fourth-order valence-corrected chi connectivity index (χ4v) is 2.64. The lowest BCUT2D eigenvalue weighted by atomic mass is 10.0. The summed E-state index contributed by atoms with van der Waals surface area (Å²) in [7, 11) is 0. The molecule has 0 bridgehead atoms. The van der Waals surface area contributed by atoms with E-state index in [9.17, 15) is 22.8 Å². The molecule has 0 spiro atoms. The molecule has 0 radical (unpaired) electrons. The van der Waals surface area contributed by atoms with Crippen LogP contribution in [-0.2, 0) is 26.9 Å². The standard InChI is InChI=1S/C20H27ClF3NO4/c1-18(2,3)28-16(26)15(25-17(27)29-19(4,5)6)10-8-12-7-9-13(14(21)11-12)20(22,23)24/h7,9,11,15H,8,10H2,1-6H3,(H,25,27). The predicted octanol–water partition coefficient (Wildman–Crippen LogP) is 5.53. The van der Waals surface area contributed by atoms with Crippen LogP contribution in [0.3, 0.4) is 0 Å². The van der Waals surface area contributed by atoms with Gasteiger partial charge in [0.05, 0.1) is 10.6 Å². The maximum Gasteiger partial charge on any atom is 0.417 e. The van der Waals surface area contributed by atoms with Crippen molar-refractivity contribution in [3.8, 4) is 0 Å². The van der Waals surface area contributed by atoms with Crippen molar-refractivity contribution < 1.29 is 32.2 Å². The van der Waals surface area contributed by atoms with Crippen molar-refractivity contribution in [3.05, 3.63) is 34.3 Å². The van der Waals surface area contributed by atoms with Gasteiger partial charge < -0.3 is 14.8 Å². The minimum absolute atomic E-state index is 0.0931. The highest BCUT2D eigenvalue weighted by Gasteiger charge is 2.33. The van der Waals surface area contributed by atoms with Gasteiger partial charge in [0.1, 0.15) is 17.2 Å². The average Bonchev–Trinajstić information content (AvgIpc) is 2.46. The molecule has 0 aliphatic rings. The van der Waals surface area contributed by atoms with Gasteiger partial charge in [-0.2, -0.15) is 13.2 Å². The molecular formula is C20H27ClF3NO4. The number of amides is 1. The van der Waals surface area contributed by atoms with Gasteiger partial charge in [0.15, 0.2) is 0 Å². The van der Waals surface area contributed by atoms with Crippen LogP contribution >= 0.6 is 11.6 Å². The number of ether oxygens (including phenoxy) is 2. The molecule has 1 rings (SSSR count). The molecule has 5 nitrogen and oxygen atoms in total. The summed E-state index contributed by atoms with van der Waals surface area (Å²) in [6, 6.07) is 2.34. The van der Waals surface area contributed by atoms with Crippen LogP contribution in [0.15, 0.2) is 18.2 Å². The topological polar surface area (TPSA) is 64.6 Å². The van der Waals surface area contributed by atoms with Crippen LogP contribution in [0.25, 0.3) is 0 Å². The van der Waals surface area contributed by atoms with Crippen molar-refractivity contribution in [1.29, 1.82) is 0 Å². The molecule has 29 heavy (non-hydrogen) atoms. The summed E-state index contributed by atoms with van der Waals surface area (Å²) in [6.45, 7) is 10.1. The summed E-state index contributed by atoms with van der Waals surface area (Å²) in [5.41, 5.74) is -1.98. The van der Waals surface area contributed by atoms with Crippen LogP contribution in [0.2, 0.25) is 5.02 Å². The first-order valence-corrected chi connectivity index (χ1v) is 9.44. The molecule has 0 saturated carbocycles. The SMILES string of the molecule is CC(C)(C)OC(=O)NC(CCc1ccc(C(F)(F)F)c(Cl)c1)C(=O)OC(C)(C)C. The van der Waals surface area contributed by atoms with Crippen LogP contribution in [-0.4, -0.2) is 29.3 Å². The fraction of sp³-hybridized carbons (Fsp3) is 0.600. The van der Waals surface area contributed by atoms with Crippen molar-refractivity contribution in [3.63, 3.8) is 0 Å². The summed E-state index contributed by atoms with van der Waals surface area (Å²) in [6.07, 6.45) is -5.06. The van der Waals surface area contributed by atoms with E-state index in [1.807, 2.05) is 0 Å². The molecule has 1 amide bonds. The molecule has 1 unspecified atom stereocenters. The molecule has 0 saturated heterocycles.